The highest BCUT2D eigenvalue weighted by molar-refractivity contribution is 7.89. The van der Waals surface area contributed by atoms with Crippen LogP contribution in [0.15, 0.2) is 0 Å². The van der Waals surface area contributed by atoms with Crippen molar-refractivity contribution in [2.45, 2.75) is 32.6 Å². The van der Waals surface area contributed by atoms with Crippen LogP contribution in [0.3, 0.4) is 0 Å². The summed E-state index contributed by atoms with van der Waals surface area (Å²) in [5.74, 6) is -0.650. The third-order valence-corrected chi connectivity index (χ3v) is 6.09. The highest BCUT2D eigenvalue weighted by Crippen LogP contribution is 2.29. The van der Waals surface area contributed by atoms with Gasteiger partial charge in [0, 0.05) is 26.2 Å². The predicted molar refractivity (Wildman–Crippen MR) is 84.5 cm³/mol. The molecule has 1 aliphatic carbocycles. The molecule has 0 aromatic carbocycles. The third kappa shape index (κ3) is 4.81. The number of aliphatic carboxylic acids is 1. The molecule has 2 fully saturated rings. The number of carboxylic acids is 1. The molecule has 0 radical (unpaired) electrons. The summed E-state index contributed by atoms with van der Waals surface area (Å²) in [6, 6.07) is -0.413. The summed E-state index contributed by atoms with van der Waals surface area (Å²) < 4.78 is 26.2. The maximum atomic E-state index is 12.0. The van der Waals surface area contributed by atoms with E-state index < -0.39 is 27.4 Å². The van der Waals surface area contributed by atoms with Crippen LogP contribution in [-0.2, 0) is 14.8 Å². The van der Waals surface area contributed by atoms with Gasteiger partial charge in [0.2, 0.25) is 10.0 Å². The Labute approximate surface area is 136 Å². The number of amides is 2. The van der Waals surface area contributed by atoms with Gasteiger partial charge in [-0.25, -0.2) is 17.9 Å². The van der Waals surface area contributed by atoms with Crippen LogP contribution in [0.2, 0.25) is 0 Å². The molecule has 9 heteroatoms. The normalized spacial score (nSPS) is 25.2. The number of nitrogens with zero attached hydrogens (tertiary/aromatic N) is 1. The Bertz CT molecular complexity index is 561. The van der Waals surface area contributed by atoms with Gasteiger partial charge in [0.15, 0.2) is 0 Å². The minimum absolute atomic E-state index is 0.0130. The number of hydrogen-bond acceptors (Lipinski definition) is 4. The first-order valence-corrected chi connectivity index (χ1v) is 9.61. The van der Waals surface area contributed by atoms with Gasteiger partial charge in [-0.05, 0) is 32.1 Å². The summed E-state index contributed by atoms with van der Waals surface area (Å²) in [5.41, 5.74) is -0.923. The second kappa shape index (κ2) is 7.04. The molecular formula is C14H25N3O5S. The lowest BCUT2D eigenvalue weighted by atomic mass is 9.86. The Morgan fingerprint density at radius 1 is 1.35 bits per heavy atom. The van der Waals surface area contributed by atoms with E-state index in [1.807, 2.05) is 0 Å². The summed E-state index contributed by atoms with van der Waals surface area (Å²) in [6.45, 7) is 2.60. The molecule has 1 atom stereocenters. The van der Waals surface area contributed by atoms with Crippen molar-refractivity contribution in [3.05, 3.63) is 0 Å². The number of nitrogens with one attached hydrogen (secondary N) is 2. The van der Waals surface area contributed by atoms with Gasteiger partial charge in [-0.2, -0.15) is 0 Å². The van der Waals surface area contributed by atoms with Gasteiger partial charge in [-0.1, -0.05) is 6.42 Å². The van der Waals surface area contributed by atoms with Crippen molar-refractivity contribution in [3.63, 3.8) is 0 Å². The first kappa shape index (κ1) is 18.0. The van der Waals surface area contributed by atoms with Crippen molar-refractivity contribution in [1.29, 1.82) is 0 Å². The van der Waals surface area contributed by atoms with Gasteiger partial charge in [0.05, 0.1) is 11.2 Å². The Kier molecular flexibility index (Phi) is 5.51. The maximum Gasteiger partial charge on any atom is 0.317 e. The molecule has 8 nitrogen and oxygen atoms in total. The molecule has 1 heterocycles. The molecule has 23 heavy (non-hydrogen) atoms. The monoisotopic (exact) mass is 347 g/mol. The van der Waals surface area contributed by atoms with Gasteiger partial charge >= 0.3 is 12.0 Å². The Balaban J connectivity index is 1.69. The SMILES string of the molecule is CC1(C(=O)O)CCN(C(=O)NCCS(=O)(=O)NCC2CCC2)C1. The molecule has 1 unspecified atom stereocenters. The first-order valence-electron chi connectivity index (χ1n) is 7.95. The van der Waals surface area contributed by atoms with Crippen LogP contribution >= 0.6 is 0 Å². The van der Waals surface area contributed by atoms with Crippen molar-refractivity contribution < 1.29 is 23.1 Å². The molecule has 132 valence electrons. The summed E-state index contributed by atoms with van der Waals surface area (Å²) >= 11 is 0. The van der Waals surface area contributed by atoms with Crippen molar-refractivity contribution in [2.75, 3.05) is 31.9 Å². The summed E-state index contributed by atoms with van der Waals surface area (Å²) in [6.07, 6.45) is 3.69. The van der Waals surface area contributed by atoms with Crippen LogP contribution in [0, 0.1) is 11.3 Å². The number of carbonyl (C=O) groups is 2. The zero-order valence-electron chi connectivity index (χ0n) is 13.4. The maximum absolute atomic E-state index is 12.0. The van der Waals surface area contributed by atoms with E-state index in [4.69, 9.17) is 5.11 Å². The molecule has 2 amide bonds. The van der Waals surface area contributed by atoms with Crippen molar-refractivity contribution in [1.82, 2.24) is 14.9 Å². The quantitative estimate of drug-likeness (QED) is 0.609. The highest BCUT2D eigenvalue weighted by Gasteiger charge is 2.42. The lowest BCUT2D eigenvalue weighted by Crippen LogP contribution is -2.43. The number of sulfonamides is 1. The van der Waals surface area contributed by atoms with E-state index in [0.717, 1.165) is 19.3 Å². The minimum atomic E-state index is -3.39. The van der Waals surface area contributed by atoms with Crippen LogP contribution in [0.4, 0.5) is 4.79 Å². The van der Waals surface area contributed by atoms with Gasteiger partial charge in [0.1, 0.15) is 0 Å². The van der Waals surface area contributed by atoms with E-state index in [1.165, 1.54) is 4.90 Å². The number of urea groups is 1. The number of carboxylic acid groups (broad SMARTS) is 1. The minimum Gasteiger partial charge on any atom is -0.481 e. The number of rotatable bonds is 7. The fourth-order valence-electron chi connectivity index (χ4n) is 2.73. The van der Waals surface area contributed by atoms with E-state index >= 15 is 0 Å². The van der Waals surface area contributed by atoms with E-state index in [0.29, 0.717) is 25.4 Å². The number of carbonyl (C=O) groups excluding carboxylic acids is 1. The molecule has 0 aromatic rings. The van der Waals surface area contributed by atoms with Crippen LogP contribution in [0.1, 0.15) is 32.6 Å². The molecule has 0 aromatic heterocycles. The van der Waals surface area contributed by atoms with Crippen LogP contribution in [0.5, 0.6) is 0 Å². The van der Waals surface area contributed by atoms with Gasteiger partial charge in [-0.3, -0.25) is 4.79 Å². The lowest BCUT2D eigenvalue weighted by molar-refractivity contribution is -0.147. The van der Waals surface area contributed by atoms with E-state index in [1.54, 1.807) is 6.92 Å². The summed E-state index contributed by atoms with van der Waals surface area (Å²) in [5, 5.41) is 11.7. The van der Waals surface area contributed by atoms with Crippen molar-refractivity contribution in [3.8, 4) is 0 Å². The smallest absolute Gasteiger partial charge is 0.317 e. The standard InChI is InChI=1S/C14H25N3O5S/c1-14(12(18)19)5-7-17(10-14)13(20)15-6-8-23(21,22)16-9-11-3-2-4-11/h11,16H,2-10H2,1H3,(H,15,20)(H,18,19). The molecule has 2 aliphatic rings. The van der Waals surface area contributed by atoms with E-state index in [9.17, 15) is 18.0 Å². The number of hydrogen-bond donors (Lipinski definition) is 3. The zero-order chi connectivity index (χ0) is 17.1. The third-order valence-electron chi connectivity index (χ3n) is 4.74. The van der Waals surface area contributed by atoms with Crippen molar-refractivity contribution >= 4 is 22.0 Å². The Morgan fingerprint density at radius 2 is 2.04 bits per heavy atom. The van der Waals surface area contributed by atoms with Gasteiger partial charge < -0.3 is 15.3 Å². The van der Waals surface area contributed by atoms with Crippen molar-refractivity contribution in [2.24, 2.45) is 11.3 Å². The predicted octanol–water partition coefficient (Wildman–Crippen LogP) is 0.212. The molecule has 0 bridgehead atoms. The average molecular weight is 347 g/mol. The van der Waals surface area contributed by atoms with Crippen LogP contribution in [0.25, 0.3) is 0 Å². The molecule has 0 spiro atoms. The van der Waals surface area contributed by atoms with Gasteiger partial charge in [0.25, 0.3) is 0 Å². The van der Waals surface area contributed by atoms with E-state index in [-0.39, 0.29) is 18.8 Å². The highest BCUT2D eigenvalue weighted by atomic mass is 32.2. The van der Waals surface area contributed by atoms with E-state index in [2.05, 4.69) is 10.0 Å². The molecule has 3 N–H and O–H groups in total. The van der Waals surface area contributed by atoms with Crippen LogP contribution in [-0.4, -0.2) is 62.4 Å². The van der Waals surface area contributed by atoms with Crippen LogP contribution < -0.4 is 10.0 Å². The zero-order valence-corrected chi connectivity index (χ0v) is 14.2. The summed E-state index contributed by atoms with van der Waals surface area (Å²) in [7, 11) is -3.39. The Morgan fingerprint density at radius 3 is 2.57 bits per heavy atom. The molecule has 1 aliphatic heterocycles. The molecule has 1 saturated carbocycles. The Hall–Kier alpha value is -1.35. The van der Waals surface area contributed by atoms with Gasteiger partial charge in [-0.15, -0.1) is 0 Å². The topological polar surface area (TPSA) is 116 Å². The fraction of sp³-hybridized carbons (Fsp3) is 0.857. The number of likely N-dealkylation sites (tertiary alicyclic amines) is 1. The molecular weight excluding hydrogens is 322 g/mol. The molecule has 1 saturated heterocycles. The second-order valence-corrected chi connectivity index (χ2v) is 8.66. The fourth-order valence-corrected chi connectivity index (χ4v) is 3.73. The molecule has 2 rings (SSSR count). The second-order valence-electron chi connectivity index (χ2n) is 6.73. The first-order chi connectivity index (χ1) is 10.7. The summed E-state index contributed by atoms with van der Waals surface area (Å²) in [4.78, 5) is 24.5. The lowest BCUT2D eigenvalue weighted by Gasteiger charge is -2.25. The largest absolute Gasteiger partial charge is 0.481 e. The average Bonchev–Trinajstić information content (AvgIpc) is 2.80.